The molecule has 1 amide bonds. The Labute approximate surface area is 184 Å². The van der Waals surface area contributed by atoms with Crippen LogP contribution in [0.3, 0.4) is 0 Å². The highest BCUT2D eigenvalue weighted by molar-refractivity contribution is 5.79. The van der Waals surface area contributed by atoms with Crippen LogP contribution in [0.4, 0.5) is 10.7 Å². The summed E-state index contributed by atoms with van der Waals surface area (Å²) in [6.07, 6.45) is -0.243. The predicted octanol–water partition coefficient (Wildman–Crippen LogP) is 4.84. The lowest BCUT2D eigenvalue weighted by atomic mass is 10.1. The van der Waals surface area contributed by atoms with Gasteiger partial charge >= 0.3 is 6.09 Å². The second kappa shape index (κ2) is 8.25. The van der Waals surface area contributed by atoms with E-state index in [-0.39, 0.29) is 12.1 Å². The Morgan fingerprint density at radius 2 is 1.81 bits per heavy atom. The van der Waals surface area contributed by atoms with Gasteiger partial charge in [0, 0.05) is 25.7 Å². The number of fused-ring (bicyclic) bond motifs is 1. The zero-order valence-electron chi connectivity index (χ0n) is 19.1. The van der Waals surface area contributed by atoms with Gasteiger partial charge in [0.1, 0.15) is 5.60 Å². The summed E-state index contributed by atoms with van der Waals surface area (Å²) in [5.74, 6) is 0.957. The highest BCUT2D eigenvalue weighted by Crippen LogP contribution is 2.27. The summed E-state index contributed by atoms with van der Waals surface area (Å²) < 4.78 is 7.87. The van der Waals surface area contributed by atoms with E-state index in [4.69, 9.17) is 9.72 Å². The fourth-order valence-electron chi connectivity index (χ4n) is 4.06. The van der Waals surface area contributed by atoms with Gasteiger partial charge < -0.3 is 19.1 Å². The van der Waals surface area contributed by atoms with Crippen LogP contribution in [0, 0.1) is 6.92 Å². The maximum Gasteiger partial charge on any atom is 0.410 e. The minimum atomic E-state index is -0.487. The Kier molecular flexibility index (Phi) is 5.65. The van der Waals surface area contributed by atoms with E-state index in [9.17, 15) is 4.79 Å². The summed E-state index contributed by atoms with van der Waals surface area (Å²) >= 11 is 0. The van der Waals surface area contributed by atoms with E-state index in [1.807, 2.05) is 26.8 Å². The standard InChI is InChI=1S/C25H32N4O2/c1-18-10-12-20(13-11-18)17-29-22-9-7-6-8-21(22)26-23(29)28-15-14-27(16-19(28)2)24(30)31-25(3,4)5/h6-13,19H,14-17H2,1-5H3/t19-/m1/s1. The number of rotatable bonds is 3. The number of amides is 1. The first kappa shape index (κ1) is 21.2. The van der Waals surface area contributed by atoms with E-state index in [0.29, 0.717) is 13.1 Å². The summed E-state index contributed by atoms with van der Waals surface area (Å²) in [5.41, 5.74) is 4.13. The summed E-state index contributed by atoms with van der Waals surface area (Å²) in [6, 6.07) is 17.1. The van der Waals surface area contributed by atoms with Gasteiger partial charge in [0.2, 0.25) is 5.95 Å². The van der Waals surface area contributed by atoms with Crippen molar-refractivity contribution in [3.8, 4) is 0 Å². The Hall–Kier alpha value is -3.02. The van der Waals surface area contributed by atoms with E-state index in [0.717, 1.165) is 30.1 Å². The Morgan fingerprint density at radius 1 is 1.10 bits per heavy atom. The molecule has 1 atom stereocenters. The Bertz CT molecular complexity index is 1070. The molecule has 1 aliphatic heterocycles. The first-order valence-corrected chi connectivity index (χ1v) is 11.0. The number of aryl methyl sites for hydroxylation is 1. The molecule has 6 heteroatoms. The maximum absolute atomic E-state index is 12.5. The number of imidazole rings is 1. The van der Waals surface area contributed by atoms with Crippen LogP contribution >= 0.6 is 0 Å². The van der Waals surface area contributed by atoms with Crippen LogP contribution in [0.25, 0.3) is 11.0 Å². The number of benzene rings is 2. The Balaban J connectivity index is 1.61. The van der Waals surface area contributed by atoms with Gasteiger partial charge in [0.05, 0.1) is 17.6 Å². The molecular formula is C25H32N4O2. The third kappa shape index (κ3) is 4.68. The fourth-order valence-corrected chi connectivity index (χ4v) is 4.06. The number of carbonyl (C=O) groups is 1. The van der Waals surface area contributed by atoms with E-state index < -0.39 is 5.60 Å². The van der Waals surface area contributed by atoms with Crippen molar-refractivity contribution < 1.29 is 9.53 Å². The average molecular weight is 421 g/mol. The zero-order chi connectivity index (χ0) is 22.2. The van der Waals surface area contributed by atoms with Gasteiger partial charge in [0.25, 0.3) is 0 Å². The molecule has 31 heavy (non-hydrogen) atoms. The molecule has 1 saturated heterocycles. The molecule has 1 fully saturated rings. The molecule has 2 heterocycles. The van der Waals surface area contributed by atoms with Gasteiger partial charge in [-0.1, -0.05) is 42.0 Å². The van der Waals surface area contributed by atoms with Crippen LogP contribution in [0.15, 0.2) is 48.5 Å². The molecule has 0 unspecified atom stereocenters. The number of hydrogen-bond acceptors (Lipinski definition) is 4. The van der Waals surface area contributed by atoms with Crippen molar-refractivity contribution in [1.29, 1.82) is 0 Å². The third-order valence-electron chi connectivity index (χ3n) is 5.63. The van der Waals surface area contributed by atoms with Crippen LogP contribution < -0.4 is 4.90 Å². The van der Waals surface area contributed by atoms with Gasteiger partial charge in [0.15, 0.2) is 0 Å². The molecule has 0 N–H and O–H groups in total. The van der Waals surface area contributed by atoms with Crippen LogP contribution in [-0.4, -0.2) is 51.8 Å². The smallest absolute Gasteiger partial charge is 0.410 e. The molecular weight excluding hydrogens is 388 g/mol. The third-order valence-corrected chi connectivity index (χ3v) is 5.63. The summed E-state index contributed by atoms with van der Waals surface area (Å²) in [4.78, 5) is 21.6. The van der Waals surface area contributed by atoms with Gasteiger partial charge in [-0.05, 0) is 52.3 Å². The van der Waals surface area contributed by atoms with Crippen molar-refractivity contribution in [2.45, 2.75) is 52.8 Å². The van der Waals surface area contributed by atoms with Crippen molar-refractivity contribution in [2.24, 2.45) is 0 Å². The lowest BCUT2D eigenvalue weighted by molar-refractivity contribution is 0.0218. The van der Waals surface area contributed by atoms with E-state index >= 15 is 0 Å². The average Bonchev–Trinajstić information content (AvgIpc) is 3.06. The predicted molar refractivity (Wildman–Crippen MR) is 125 cm³/mol. The molecule has 164 valence electrons. The van der Waals surface area contributed by atoms with Gasteiger partial charge in [-0.2, -0.15) is 0 Å². The number of ether oxygens (including phenoxy) is 1. The SMILES string of the molecule is Cc1ccc(Cn2c(N3CCN(C(=O)OC(C)(C)C)C[C@H]3C)nc3ccccc32)cc1. The van der Waals surface area contributed by atoms with E-state index in [2.05, 4.69) is 65.8 Å². The molecule has 2 aromatic carbocycles. The summed E-state index contributed by atoms with van der Waals surface area (Å²) in [5, 5.41) is 0. The topological polar surface area (TPSA) is 50.6 Å². The van der Waals surface area contributed by atoms with Crippen LogP contribution in [0.5, 0.6) is 0 Å². The number of piperazine rings is 1. The van der Waals surface area contributed by atoms with E-state index in [1.54, 1.807) is 4.90 Å². The molecule has 0 radical (unpaired) electrons. The molecule has 3 aromatic rings. The van der Waals surface area contributed by atoms with Crippen molar-refractivity contribution in [3.63, 3.8) is 0 Å². The first-order chi connectivity index (χ1) is 14.7. The van der Waals surface area contributed by atoms with Gasteiger partial charge in [-0.15, -0.1) is 0 Å². The summed E-state index contributed by atoms with van der Waals surface area (Å²) in [7, 11) is 0. The number of aromatic nitrogens is 2. The summed E-state index contributed by atoms with van der Waals surface area (Å²) in [6.45, 7) is 12.7. The molecule has 1 aromatic heterocycles. The highest BCUT2D eigenvalue weighted by Gasteiger charge is 2.32. The second-order valence-electron chi connectivity index (χ2n) is 9.44. The minimum absolute atomic E-state index is 0.134. The molecule has 0 aliphatic carbocycles. The highest BCUT2D eigenvalue weighted by atomic mass is 16.6. The lowest BCUT2D eigenvalue weighted by Crippen LogP contribution is -2.55. The van der Waals surface area contributed by atoms with Crippen molar-refractivity contribution in [1.82, 2.24) is 14.5 Å². The number of nitrogens with zero attached hydrogens (tertiary/aromatic N) is 4. The number of para-hydroxylation sites is 2. The second-order valence-corrected chi connectivity index (χ2v) is 9.44. The maximum atomic E-state index is 12.5. The largest absolute Gasteiger partial charge is 0.444 e. The van der Waals surface area contributed by atoms with Crippen LogP contribution in [0.1, 0.15) is 38.8 Å². The zero-order valence-corrected chi connectivity index (χ0v) is 19.1. The number of anilines is 1. The lowest BCUT2D eigenvalue weighted by Gasteiger charge is -2.40. The quantitative estimate of drug-likeness (QED) is 0.608. The van der Waals surface area contributed by atoms with Crippen molar-refractivity contribution in [2.75, 3.05) is 24.5 Å². The molecule has 1 aliphatic rings. The van der Waals surface area contributed by atoms with Crippen molar-refractivity contribution >= 4 is 23.1 Å². The Morgan fingerprint density at radius 3 is 2.48 bits per heavy atom. The number of carbonyl (C=O) groups excluding carboxylic acids is 1. The van der Waals surface area contributed by atoms with Crippen LogP contribution in [0.2, 0.25) is 0 Å². The molecule has 6 nitrogen and oxygen atoms in total. The molecule has 0 saturated carbocycles. The van der Waals surface area contributed by atoms with Crippen molar-refractivity contribution in [3.05, 3.63) is 59.7 Å². The minimum Gasteiger partial charge on any atom is -0.444 e. The normalized spacial score (nSPS) is 17.3. The number of hydrogen-bond donors (Lipinski definition) is 0. The first-order valence-electron chi connectivity index (χ1n) is 11.0. The van der Waals surface area contributed by atoms with E-state index in [1.165, 1.54) is 11.1 Å². The fraction of sp³-hybridized carbons (Fsp3) is 0.440. The van der Waals surface area contributed by atoms with Crippen LogP contribution in [-0.2, 0) is 11.3 Å². The van der Waals surface area contributed by atoms with Gasteiger partial charge in [-0.25, -0.2) is 9.78 Å². The van der Waals surface area contributed by atoms with Gasteiger partial charge in [-0.3, -0.25) is 0 Å². The molecule has 4 rings (SSSR count). The molecule has 0 spiro atoms. The molecule has 0 bridgehead atoms. The monoisotopic (exact) mass is 420 g/mol.